The molecule has 0 bridgehead atoms. The number of nitrogens with one attached hydrogen (secondary N) is 1. The molecule has 0 saturated carbocycles. The third kappa shape index (κ3) is 8.22. The molecule has 40 heavy (non-hydrogen) atoms. The predicted octanol–water partition coefficient (Wildman–Crippen LogP) is 4.19. The summed E-state index contributed by atoms with van der Waals surface area (Å²) in [5.74, 6) is -1.21. The minimum atomic E-state index is -1.25. The van der Waals surface area contributed by atoms with Crippen LogP contribution in [-0.2, 0) is 51.2 Å². The van der Waals surface area contributed by atoms with Crippen LogP contribution < -0.4 is 11.1 Å². The summed E-state index contributed by atoms with van der Waals surface area (Å²) in [6.07, 6.45) is 4.68. The van der Waals surface area contributed by atoms with Crippen LogP contribution in [0.3, 0.4) is 0 Å². The summed E-state index contributed by atoms with van der Waals surface area (Å²) >= 11 is 0. The zero-order chi connectivity index (χ0) is 28.0. The zero-order valence-corrected chi connectivity index (χ0v) is 25.1. The van der Waals surface area contributed by atoms with E-state index in [-0.39, 0.29) is 42.7 Å². The number of aromatic nitrogens is 4. The predicted molar refractivity (Wildman–Crippen MR) is 154 cm³/mol. The number of aryl methyl sites for hydroxylation is 1. The average molecular weight is 609 g/mol. The van der Waals surface area contributed by atoms with Crippen LogP contribution in [0.25, 0.3) is 10.9 Å². The Balaban J connectivity index is 0.00000441. The van der Waals surface area contributed by atoms with Crippen molar-refractivity contribution in [3.05, 3.63) is 77.9 Å². The first kappa shape index (κ1) is 31.0. The van der Waals surface area contributed by atoms with Crippen molar-refractivity contribution in [2.75, 3.05) is 17.7 Å². The van der Waals surface area contributed by atoms with Crippen LogP contribution in [0.1, 0.15) is 16.8 Å². The topological polar surface area (TPSA) is 128 Å². The van der Waals surface area contributed by atoms with Crippen LogP contribution in [0.5, 0.6) is 0 Å². The molecule has 4 rings (SSSR count). The Morgan fingerprint density at radius 1 is 1.05 bits per heavy atom. The minimum absolute atomic E-state index is 0. The quantitative estimate of drug-likeness (QED) is 0.157. The number of benzene rings is 1. The van der Waals surface area contributed by atoms with Crippen molar-refractivity contribution in [1.29, 1.82) is 0 Å². The van der Waals surface area contributed by atoms with E-state index in [0.29, 0.717) is 28.9 Å². The number of ether oxygens (including phenoxy) is 1. The van der Waals surface area contributed by atoms with Gasteiger partial charge < -0.3 is 20.7 Å². The number of hydrogen-bond acceptors (Lipinski definition) is 7. The molecule has 0 fully saturated rings. The third-order valence-electron chi connectivity index (χ3n) is 6.22. The largest absolute Gasteiger partial charge is 0.383 e. The maximum absolute atomic E-state index is 13.5. The van der Waals surface area contributed by atoms with Crippen LogP contribution in [0, 0.1) is 6.92 Å². The van der Waals surface area contributed by atoms with Gasteiger partial charge in [0.1, 0.15) is 12.5 Å². The Bertz CT molecular complexity index is 1440. The smallest absolute Gasteiger partial charge is 0.314 e. The molecule has 3 aromatic heterocycles. The second-order valence-electron chi connectivity index (χ2n) is 10.7. The molecule has 1 aromatic carbocycles. The van der Waals surface area contributed by atoms with Crippen LogP contribution >= 0.6 is 0 Å². The number of rotatable bonds is 10. The number of pyridine rings is 2. The number of carbonyl (C=O) groups excluding carboxylic acids is 2. The molecule has 0 atom stereocenters. The molecule has 0 saturated heterocycles. The minimum Gasteiger partial charge on any atom is -0.383 e. The number of nitrogen functional groups attached to an aromatic ring is 1. The molecular formula is C28H35CuN7O3Si. The Kier molecular flexibility index (Phi) is 10.6. The van der Waals surface area contributed by atoms with Gasteiger partial charge in [-0.25, -0.2) is 9.67 Å². The fraction of sp³-hybridized carbons (Fsp3) is 0.321. The average Bonchev–Trinajstić information content (AvgIpc) is 3.34. The van der Waals surface area contributed by atoms with Crippen molar-refractivity contribution in [3.63, 3.8) is 0 Å². The van der Waals surface area contributed by atoms with E-state index in [1.54, 1.807) is 23.1 Å². The van der Waals surface area contributed by atoms with Crippen molar-refractivity contribution in [2.45, 2.75) is 52.4 Å². The van der Waals surface area contributed by atoms with E-state index in [9.17, 15) is 9.59 Å². The molecule has 0 unspecified atom stereocenters. The van der Waals surface area contributed by atoms with E-state index in [0.717, 1.165) is 17.2 Å². The molecule has 0 aliphatic heterocycles. The summed E-state index contributed by atoms with van der Waals surface area (Å²) in [7, 11) is -1.25. The molecule has 0 aliphatic rings. The summed E-state index contributed by atoms with van der Waals surface area (Å²) in [5.41, 5.74) is 9.65. The van der Waals surface area contributed by atoms with Gasteiger partial charge in [-0.15, -0.1) is 0 Å². The monoisotopic (exact) mass is 608 g/mol. The Morgan fingerprint density at radius 3 is 2.48 bits per heavy atom. The van der Waals surface area contributed by atoms with Gasteiger partial charge in [0.05, 0.1) is 41.2 Å². The number of amides is 2. The van der Waals surface area contributed by atoms with Gasteiger partial charge in [-0.05, 0) is 30.7 Å². The summed E-state index contributed by atoms with van der Waals surface area (Å²) in [6, 6.07) is 14.3. The molecule has 10 nitrogen and oxygen atoms in total. The molecular weight excluding hydrogens is 574 g/mol. The Labute approximate surface area is 245 Å². The van der Waals surface area contributed by atoms with E-state index in [4.69, 9.17) is 10.5 Å². The van der Waals surface area contributed by atoms with E-state index in [1.807, 2.05) is 43.3 Å². The normalized spacial score (nSPS) is 11.2. The number of carbonyl (C=O) groups is 2. The van der Waals surface area contributed by atoms with E-state index in [2.05, 4.69) is 40.0 Å². The van der Waals surface area contributed by atoms with Gasteiger partial charge in [0.25, 0.3) is 0 Å². The van der Waals surface area contributed by atoms with Crippen LogP contribution in [0.4, 0.5) is 11.5 Å². The summed E-state index contributed by atoms with van der Waals surface area (Å²) in [6.45, 7) is 10.1. The molecule has 12 heteroatoms. The first-order chi connectivity index (χ1) is 18.6. The SMILES string of the molecule is Cc1ccc(CN(Cc2ccccn2)C(=O)C(=O)Nc2cnc(N)c3cnn(COCC[Si](C)(C)C)c23)cc1.[Cu]. The van der Waals surface area contributed by atoms with Crippen LogP contribution in [0.15, 0.2) is 61.1 Å². The molecule has 0 spiro atoms. The van der Waals surface area contributed by atoms with Crippen molar-refractivity contribution >= 4 is 42.3 Å². The zero-order valence-electron chi connectivity index (χ0n) is 23.1. The fourth-order valence-electron chi connectivity index (χ4n) is 3.96. The summed E-state index contributed by atoms with van der Waals surface area (Å²) in [5, 5.41) is 7.69. The Morgan fingerprint density at radius 2 is 1.80 bits per heavy atom. The van der Waals surface area contributed by atoms with E-state index in [1.165, 1.54) is 11.1 Å². The van der Waals surface area contributed by atoms with Gasteiger partial charge in [-0.3, -0.25) is 14.6 Å². The van der Waals surface area contributed by atoms with Gasteiger partial charge in [0.15, 0.2) is 0 Å². The maximum Gasteiger partial charge on any atom is 0.314 e. The standard InChI is InChI=1S/C28H35N7O3Si.Cu/c1-20-8-10-21(11-9-20)17-34(18-22-7-5-6-12-30-22)28(37)27(36)33-24-16-31-26(29)23-15-32-35(25(23)24)19-38-13-14-39(2,3)4;/h5-12,15-16H,13-14,17-19H2,1-4H3,(H2,29,31)(H,33,36);. The molecule has 3 heterocycles. The summed E-state index contributed by atoms with van der Waals surface area (Å²) < 4.78 is 7.49. The number of hydrogen-bond donors (Lipinski definition) is 2. The molecule has 215 valence electrons. The molecule has 0 aliphatic carbocycles. The summed E-state index contributed by atoms with van der Waals surface area (Å²) in [4.78, 5) is 36.7. The molecule has 3 N–H and O–H groups in total. The van der Waals surface area contributed by atoms with Gasteiger partial charge in [-0.2, -0.15) is 5.10 Å². The maximum atomic E-state index is 13.5. The van der Waals surface area contributed by atoms with Gasteiger partial charge in [0.2, 0.25) is 0 Å². The van der Waals surface area contributed by atoms with Gasteiger partial charge in [-0.1, -0.05) is 55.5 Å². The van der Waals surface area contributed by atoms with Gasteiger partial charge >= 0.3 is 11.8 Å². The fourth-order valence-corrected chi connectivity index (χ4v) is 4.72. The first-order valence-electron chi connectivity index (χ1n) is 12.8. The number of fused-ring (bicyclic) bond motifs is 1. The van der Waals surface area contributed by atoms with E-state index < -0.39 is 19.9 Å². The van der Waals surface area contributed by atoms with Crippen LogP contribution in [0.2, 0.25) is 25.7 Å². The second-order valence-corrected chi connectivity index (χ2v) is 16.4. The third-order valence-corrected chi connectivity index (χ3v) is 7.92. The van der Waals surface area contributed by atoms with E-state index >= 15 is 0 Å². The van der Waals surface area contributed by atoms with Crippen molar-refractivity contribution in [1.82, 2.24) is 24.6 Å². The van der Waals surface area contributed by atoms with Crippen molar-refractivity contribution < 1.29 is 31.4 Å². The van der Waals surface area contributed by atoms with Crippen molar-refractivity contribution in [2.24, 2.45) is 0 Å². The first-order valence-corrected chi connectivity index (χ1v) is 16.5. The number of nitrogens with zero attached hydrogens (tertiary/aromatic N) is 5. The molecule has 4 aromatic rings. The second kappa shape index (κ2) is 13.7. The number of anilines is 2. The number of nitrogens with two attached hydrogens (primary N) is 1. The molecule has 1 radical (unpaired) electrons. The van der Waals surface area contributed by atoms with Crippen LogP contribution in [-0.4, -0.2) is 51.1 Å². The molecule has 2 amide bonds. The Hall–Kier alpha value is -3.57. The van der Waals surface area contributed by atoms with Crippen molar-refractivity contribution in [3.8, 4) is 0 Å². The van der Waals surface area contributed by atoms with Gasteiger partial charge in [0, 0.05) is 44.5 Å².